The standard InChI is InChI=1S/C61H50N3OP/c1-66(2,65)57-53-25-13-11-23-51(53)56(52-24-12-14-26-54(52)57)45-32-36-48(37-33-45)61(40-16-5-17-41-61)49-38-34-47(35-39-49)59-62-58(46-30-28-43(29-31-46)42-18-6-3-7-19-42)63-60(64-59)55-27-15-10-22-50(55)44-20-8-4-9-21-44/h3-4,6-15,18-39H,5,16-17,40-41H2,1-2H3. The molecule has 1 saturated carbocycles. The van der Waals surface area contributed by atoms with E-state index in [1.54, 1.807) is 0 Å². The first-order valence-electron chi connectivity index (χ1n) is 23.1. The molecule has 1 fully saturated rings. The van der Waals surface area contributed by atoms with Crippen LogP contribution in [0.2, 0.25) is 0 Å². The van der Waals surface area contributed by atoms with E-state index >= 15 is 0 Å². The molecule has 0 unspecified atom stereocenters. The number of aromatic nitrogens is 3. The first-order chi connectivity index (χ1) is 32.3. The molecule has 1 aliphatic rings. The molecule has 0 atom stereocenters. The summed E-state index contributed by atoms with van der Waals surface area (Å²) in [5, 5.41) is 5.40. The molecule has 9 aromatic carbocycles. The molecule has 0 N–H and O–H groups in total. The van der Waals surface area contributed by atoms with Gasteiger partial charge in [0.15, 0.2) is 17.5 Å². The van der Waals surface area contributed by atoms with Gasteiger partial charge in [0.2, 0.25) is 0 Å². The molecule has 66 heavy (non-hydrogen) atoms. The van der Waals surface area contributed by atoms with Crippen molar-refractivity contribution in [2.24, 2.45) is 0 Å². The van der Waals surface area contributed by atoms with Crippen LogP contribution >= 0.6 is 7.14 Å². The topological polar surface area (TPSA) is 55.7 Å². The van der Waals surface area contributed by atoms with Crippen molar-refractivity contribution in [1.82, 2.24) is 15.0 Å². The second kappa shape index (κ2) is 17.3. The molecule has 320 valence electrons. The molecule has 4 nitrogen and oxygen atoms in total. The van der Waals surface area contributed by atoms with Crippen molar-refractivity contribution in [2.75, 3.05) is 13.3 Å². The molecule has 11 rings (SSSR count). The lowest BCUT2D eigenvalue weighted by atomic mass is 9.65. The fourth-order valence-corrected chi connectivity index (χ4v) is 12.1. The van der Waals surface area contributed by atoms with Crippen molar-refractivity contribution in [3.05, 3.63) is 217 Å². The second-order valence-corrected chi connectivity index (χ2v) is 21.3. The maximum atomic E-state index is 13.8. The highest BCUT2D eigenvalue weighted by atomic mass is 31.2. The highest BCUT2D eigenvalue weighted by molar-refractivity contribution is 7.71. The van der Waals surface area contributed by atoms with Crippen LogP contribution in [0.1, 0.15) is 43.2 Å². The lowest BCUT2D eigenvalue weighted by Crippen LogP contribution is -2.30. The number of benzene rings is 9. The zero-order valence-corrected chi connectivity index (χ0v) is 38.3. The third-order valence-corrected chi connectivity index (χ3v) is 15.3. The van der Waals surface area contributed by atoms with E-state index in [2.05, 4.69) is 194 Å². The van der Waals surface area contributed by atoms with E-state index in [9.17, 15) is 4.57 Å². The van der Waals surface area contributed by atoms with Crippen LogP contribution in [-0.2, 0) is 9.98 Å². The van der Waals surface area contributed by atoms with Gasteiger partial charge in [0, 0.05) is 27.4 Å². The minimum atomic E-state index is -2.58. The fraction of sp³-hybridized carbons (Fsp3) is 0.131. The van der Waals surface area contributed by atoms with Gasteiger partial charge in [0.05, 0.1) is 0 Å². The van der Waals surface area contributed by atoms with Crippen molar-refractivity contribution in [3.63, 3.8) is 0 Å². The number of nitrogens with zero attached hydrogens (tertiary/aromatic N) is 3. The minimum Gasteiger partial charge on any atom is -0.319 e. The molecule has 1 heterocycles. The smallest absolute Gasteiger partial charge is 0.164 e. The number of rotatable bonds is 9. The molecule has 1 aromatic heterocycles. The predicted octanol–water partition coefficient (Wildman–Crippen LogP) is 15.7. The average Bonchev–Trinajstić information content (AvgIpc) is 3.38. The maximum absolute atomic E-state index is 13.8. The van der Waals surface area contributed by atoms with E-state index in [0.717, 1.165) is 73.1 Å². The Bertz CT molecular complexity index is 3350. The number of fused-ring (bicyclic) bond motifs is 2. The third-order valence-electron chi connectivity index (χ3n) is 13.7. The molecule has 1 aliphatic carbocycles. The molecule has 0 saturated heterocycles. The van der Waals surface area contributed by atoms with E-state index in [-0.39, 0.29) is 5.41 Å². The van der Waals surface area contributed by atoms with Gasteiger partial charge in [0.1, 0.15) is 7.14 Å². The van der Waals surface area contributed by atoms with Crippen LogP contribution < -0.4 is 5.30 Å². The summed E-state index contributed by atoms with van der Waals surface area (Å²) in [5.74, 6) is 1.92. The third kappa shape index (κ3) is 7.66. The van der Waals surface area contributed by atoms with Crippen molar-refractivity contribution >= 4 is 34.0 Å². The van der Waals surface area contributed by atoms with Crippen LogP contribution in [0.5, 0.6) is 0 Å². The fourth-order valence-electron chi connectivity index (χ4n) is 10.5. The summed E-state index contributed by atoms with van der Waals surface area (Å²) in [4.78, 5) is 15.6. The number of hydrogen-bond donors (Lipinski definition) is 0. The van der Waals surface area contributed by atoms with Crippen molar-refractivity contribution in [1.29, 1.82) is 0 Å². The quantitative estimate of drug-likeness (QED) is 0.107. The Kier molecular flexibility index (Phi) is 10.8. The van der Waals surface area contributed by atoms with Gasteiger partial charge < -0.3 is 4.57 Å². The Labute approximate surface area is 387 Å². The first kappa shape index (κ1) is 41.4. The van der Waals surface area contributed by atoms with Crippen LogP contribution in [0, 0.1) is 0 Å². The Morgan fingerprint density at radius 1 is 0.364 bits per heavy atom. The zero-order valence-electron chi connectivity index (χ0n) is 37.4. The minimum absolute atomic E-state index is 0.120. The van der Waals surface area contributed by atoms with Crippen LogP contribution in [-0.4, -0.2) is 28.3 Å². The Morgan fingerprint density at radius 2 is 0.758 bits per heavy atom. The lowest BCUT2D eigenvalue weighted by Gasteiger charge is -2.39. The monoisotopic (exact) mass is 871 g/mol. The maximum Gasteiger partial charge on any atom is 0.164 e. The molecule has 10 aromatic rings. The van der Waals surface area contributed by atoms with Crippen LogP contribution in [0.15, 0.2) is 206 Å². The van der Waals surface area contributed by atoms with Crippen LogP contribution in [0.25, 0.3) is 89.1 Å². The van der Waals surface area contributed by atoms with E-state index in [4.69, 9.17) is 15.0 Å². The van der Waals surface area contributed by atoms with Crippen molar-refractivity contribution < 1.29 is 4.57 Å². The van der Waals surface area contributed by atoms with Gasteiger partial charge in [-0.3, -0.25) is 0 Å². The molecule has 0 spiro atoms. The van der Waals surface area contributed by atoms with Gasteiger partial charge in [-0.15, -0.1) is 0 Å². The largest absolute Gasteiger partial charge is 0.319 e. The Morgan fingerprint density at radius 3 is 1.29 bits per heavy atom. The lowest BCUT2D eigenvalue weighted by molar-refractivity contribution is 0.346. The van der Waals surface area contributed by atoms with Gasteiger partial charge in [-0.05, 0) is 92.2 Å². The molecule has 0 aliphatic heterocycles. The highest BCUT2D eigenvalue weighted by Gasteiger charge is 2.36. The van der Waals surface area contributed by atoms with Gasteiger partial charge in [-0.1, -0.05) is 226 Å². The Balaban J connectivity index is 0.989. The van der Waals surface area contributed by atoms with E-state index in [0.29, 0.717) is 17.5 Å². The molecular weight excluding hydrogens is 822 g/mol. The predicted molar refractivity (Wildman–Crippen MR) is 277 cm³/mol. The van der Waals surface area contributed by atoms with Crippen LogP contribution in [0.3, 0.4) is 0 Å². The summed E-state index contributed by atoms with van der Waals surface area (Å²) in [6.45, 7) is 3.78. The SMILES string of the molecule is CP(C)(=O)c1c2ccccc2c(-c2ccc(C3(c4ccc(-c5nc(-c6ccc(-c7ccccc7)cc6)nc(-c6ccccc6-c6ccccc6)n5)cc4)CCCCC3)cc2)c2ccccc12. The van der Waals surface area contributed by atoms with E-state index < -0.39 is 7.14 Å². The summed E-state index contributed by atoms with van der Waals surface area (Å²) >= 11 is 0. The van der Waals surface area contributed by atoms with Crippen molar-refractivity contribution in [2.45, 2.75) is 37.5 Å². The van der Waals surface area contributed by atoms with Gasteiger partial charge in [0.25, 0.3) is 0 Å². The average molecular weight is 872 g/mol. The summed E-state index contributed by atoms with van der Waals surface area (Å²) in [6.07, 6.45) is 5.78. The van der Waals surface area contributed by atoms with E-state index in [1.807, 2.05) is 25.5 Å². The highest BCUT2D eigenvalue weighted by Crippen LogP contribution is 2.48. The summed E-state index contributed by atoms with van der Waals surface area (Å²) < 4.78 is 13.8. The summed E-state index contributed by atoms with van der Waals surface area (Å²) in [7, 11) is -2.58. The van der Waals surface area contributed by atoms with Gasteiger partial charge in [-0.25, -0.2) is 15.0 Å². The summed E-state index contributed by atoms with van der Waals surface area (Å²) in [6, 6.07) is 73.2. The molecule has 0 amide bonds. The molecule has 0 radical (unpaired) electrons. The van der Waals surface area contributed by atoms with Gasteiger partial charge >= 0.3 is 0 Å². The normalized spacial score (nSPS) is 13.8. The number of hydrogen-bond acceptors (Lipinski definition) is 4. The zero-order chi connectivity index (χ0) is 44.7. The molecule has 5 heteroatoms. The van der Waals surface area contributed by atoms with Crippen molar-refractivity contribution in [3.8, 4) is 67.5 Å². The molecule has 0 bridgehead atoms. The Hall–Kier alpha value is -7.26. The first-order valence-corrected chi connectivity index (χ1v) is 25.7. The molecular formula is C61H50N3OP. The summed E-state index contributed by atoms with van der Waals surface area (Å²) in [5.41, 5.74) is 12.3. The van der Waals surface area contributed by atoms with Gasteiger partial charge in [-0.2, -0.15) is 0 Å². The van der Waals surface area contributed by atoms with E-state index in [1.165, 1.54) is 47.1 Å². The second-order valence-electron chi connectivity index (χ2n) is 18.1. The van der Waals surface area contributed by atoms with Crippen LogP contribution in [0.4, 0.5) is 0 Å².